The van der Waals surface area contributed by atoms with Gasteiger partial charge in [-0.3, -0.25) is 4.98 Å². The molecule has 0 amide bonds. The van der Waals surface area contributed by atoms with Gasteiger partial charge in [-0.15, -0.1) is 0 Å². The van der Waals surface area contributed by atoms with Crippen molar-refractivity contribution in [2.45, 2.75) is 38.1 Å². The molecule has 19 heavy (non-hydrogen) atoms. The van der Waals surface area contributed by atoms with Crippen LogP contribution in [-0.2, 0) is 10.9 Å². The summed E-state index contributed by atoms with van der Waals surface area (Å²) in [4.78, 5) is 3.84. The van der Waals surface area contributed by atoms with Gasteiger partial charge in [0.25, 0.3) is 0 Å². The number of rotatable bonds is 4. The molecule has 1 aliphatic rings. The molecule has 106 valence electrons. The summed E-state index contributed by atoms with van der Waals surface area (Å²) in [6.45, 7) is 3.05. The lowest BCUT2D eigenvalue weighted by atomic mass is 9.96. The summed E-state index contributed by atoms with van der Waals surface area (Å²) >= 11 is 0. The first-order valence-electron chi connectivity index (χ1n) is 6.40. The quantitative estimate of drug-likeness (QED) is 0.916. The van der Waals surface area contributed by atoms with Gasteiger partial charge in [-0.05, 0) is 25.5 Å². The van der Waals surface area contributed by atoms with E-state index in [2.05, 4.69) is 10.3 Å². The second-order valence-corrected chi connectivity index (χ2v) is 4.55. The fourth-order valence-corrected chi connectivity index (χ4v) is 2.44. The van der Waals surface area contributed by atoms with Crippen LogP contribution in [0.15, 0.2) is 18.5 Å². The third kappa shape index (κ3) is 3.25. The Kier molecular flexibility index (Phi) is 4.42. The lowest BCUT2D eigenvalue weighted by Gasteiger charge is -2.26. The Morgan fingerprint density at radius 3 is 2.89 bits per heavy atom. The highest BCUT2D eigenvalue weighted by Gasteiger charge is 2.38. The second kappa shape index (κ2) is 5.88. The molecule has 2 heterocycles. The van der Waals surface area contributed by atoms with Crippen LogP contribution in [0.25, 0.3) is 0 Å². The molecule has 0 radical (unpaired) electrons. The summed E-state index contributed by atoms with van der Waals surface area (Å²) in [7, 11) is 0. The van der Waals surface area contributed by atoms with Crippen molar-refractivity contribution < 1.29 is 17.9 Å². The van der Waals surface area contributed by atoms with Crippen LogP contribution in [0.3, 0.4) is 0 Å². The van der Waals surface area contributed by atoms with Crippen molar-refractivity contribution in [2.24, 2.45) is 0 Å². The fourth-order valence-electron chi connectivity index (χ4n) is 2.44. The molecule has 0 saturated carbocycles. The lowest BCUT2D eigenvalue weighted by molar-refractivity contribution is -0.138. The Hall–Kier alpha value is -1.14. The van der Waals surface area contributed by atoms with Crippen LogP contribution >= 0.6 is 0 Å². The molecule has 1 fully saturated rings. The van der Waals surface area contributed by atoms with Crippen LogP contribution in [0.5, 0.6) is 0 Å². The van der Waals surface area contributed by atoms with Gasteiger partial charge in [-0.2, -0.15) is 13.2 Å². The maximum Gasteiger partial charge on any atom is 0.416 e. The zero-order chi connectivity index (χ0) is 13.9. The van der Waals surface area contributed by atoms with E-state index in [-0.39, 0.29) is 11.7 Å². The summed E-state index contributed by atoms with van der Waals surface area (Å²) in [6, 6.07) is 0.562. The zero-order valence-electron chi connectivity index (χ0n) is 10.7. The first-order valence-corrected chi connectivity index (χ1v) is 6.40. The Morgan fingerprint density at radius 1 is 1.53 bits per heavy atom. The second-order valence-electron chi connectivity index (χ2n) is 4.55. The Balaban J connectivity index is 2.35. The van der Waals surface area contributed by atoms with E-state index in [1.807, 2.05) is 6.92 Å². The Morgan fingerprint density at radius 2 is 2.32 bits per heavy atom. The van der Waals surface area contributed by atoms with Crippen LogP contribution in [0.1, 0.15) is 36.9 Å². The van der Waals surface area contributed by atoms with Crippen molar-refractivity contribution in [3.63, 3.8) is 0 Å². The lowest BCUT2D eigenvalue weighted by Crippen LogP contribution is -2.33. The van der Waals surface area contributed by atoms with Gasteiger partial charge in [0, 0.05) is 24.6 Å². The molecular formula is C13H17F3N2O. The van der Waals surface area contributed by atoms with Crippen molar-refractivity contribution in [3.8, 4) is 0 Å². The number of nitrogens with one attached hydrogen (secondary N) is 1. The first-order chi connectivity index (χ1) is 9.04. The van der Waals surface area contributed by atoms with Gasteiger partial charge in [0.05, 0.1) is 17.7 Å². The van der Waals surface area contributed by atoms with E-state index in [0.717, 1.165) is 18.9 Å². The Bertz CT molecular complexity index is 417. The molecule has 2 rings (SSSR count). The third-order valence-corrected chi connectivity index (χ3v) is 3.25. The van der Waals surface area contributed by atoms with Crippen molar-refractivity contribution >= 4 is 0 Å². The molecule has 3 nitrogen and oxygen atoms in total. The van der Waals surface area contributed by atoms with Crippen molar-refractivity contribution in [1.29, 1.82) is 0 Å². The average molecular weight is 274 g/mol. The number of hydrogen-bond donors (Lipinski definition) is 1. The van der Waals surface area contributed by atoms with Crippen molar-refractivity contribution in [3.05, 3.63) is 29.6 Å². The van der Waals surface area contributed by atoms with Gasteiger partial charge in [0.2, 0.25) is 0 Å². The summed E-state index contributed by atoms with van der Waals surface area (Å²) in [5.41, 5.74) is -0.465. The normalized spacial score (nSPS) is 21.6. The van der Waals surface area contributed by atoms with Gasteiger partial charge in [0.1, 0.15) is 0 Å². The molecule has 1 aromatic heterocycles. The summed E-state index contributed by atoms with van der Waals surface area (Å²) < 4.78 is 44.7. The highest BCUT2D eigenvalue weighted by atomic mass is 19.4. The van der Waals surface area contributed by atoms with Gasteiger partial charge in [0.15, 0.2) is 0 Å². The minimum Gasteiger partial charge on any atom is -0.376 e. The van der Waals surface area contributed by atoms with E-state index >= 15 is 0 Å². The van der Waals surface area contributed by atoms with E-state index in [4.69, 9.17) is 4.74 Å². The predicted octanol–water partition coefficient (Wildman–Crippen LogP) is 2.93. The van der Waals surface area contributed by atoms with E-state index in [1.54, 1.807) is 0 Å². The number of ether oxygens (including phenoxy) is 1. The van der Waals surface area contributed by atoms with Crippen LogP contribution in [0.2, 0.25) is 0 Å². The monoisotopic (exact) mass is 274 g/mol. The van der Waals surface area contributed by atoms with E-state index in [9.17, 15) is 13.2 Å². The minimum atomic E-state index is -4.37. The zero-order valence-corrected chi connectivity index (χ0v) is 10.7. The summed E-state index contributed by atoms with van der Waals surface area (Å²) in [6.07, 6.45) is -0.476. The van der Waals surface area contributed by atoms with E-state index in [1.165, 1.54) is 12.4 Å². The number of pyridine rings is 1. The number of aromatic nitrogens is 1. The SMILES string of the molecule is CCNC(c1cnccc1C(F)(F)F)C1CCCO1. The van der Waals surface area contributed by atoms with Gasteiger partial charge < -0.3 is 10.1 Å². The van der Waals surface area contributed by atoms with Crippen LogP contribution < -0.4 is 5.32 Å². The maximum absolute atomic E-state index is 13.0. The van der Waals surface area contributed by atoms with Gasteiger partial charge >= 0.3 is 6.18 Å². The molecule has 1 N–H and O–H groups in total. The molecular weight excluding hydrogens is 257 g/mol. The van der Waals surface area contributed by atoms with E-state index < -0.39 is 17.8 Å². The molecule has 1 aromatic rings. The number of halogens is 3. The van der Waals surface area contributed by atoms with Gasteiger partial charge in [-0.1, -0.05) is 6.92 Å². The molecule has 1 aliphatic heterocycles. The summed E-state index contributed by atoms with van der Waals surface area (Å²) in [5, 5.41) is 3.09. The molecule has 6 heteroatoms. The highest BCUT2D eigenvalue weighted by Crippen LogP contribution is 2.37. The fraction of sp³-hybridized carbons (Fsp3) is 0.615. The molecule has 0 aromatic carbocycles. The molecule has 2 unspecified atom stereocenters. The van der Waals surface area contributed by atoms with Crippen molar-refractivity contribution in [1.82, 2.24) is 10.3 Å². The molecule has 1 saturated heterocycles. The maximum atomic E-state index is 13.0. The highest BCUT2D eigenvalue weighted by molar-refractivity contribution is 5.30. The molecule has 2 atom stereocenters. The van der Waals surface area contributed by atoms with Crippen LogP contribution in [-0.4, -0.2) is 24.2 Å². The third-order valence-electron chi connectivity index (χ3n) is 3.25. The largest absolute Gasteiger partial charge is 0.416 e. The van der Waals surface area contributed by atoms with Gasteiger partial charge in [-0.25, -0.2) is 0 Å². The van der Waals surface area contributed by atoms with Crippen LogP contribution in [0, 0.1) is 0 Å². The smallest absolute Gasteiger partial charge is 0.376 e. The number of nitrogens with zero attached hydrogens (tertiary/aromatic N) is 1. The molecule has 0 aliphatic carbocycles. The standard InChI is InChI=1S/C13H17F3N2O/c1-2-18-12(11-4-3-7-19-11)9-8-17-6-5-10(9)13(14,15)16/h5-6,8,11-12,18H,2-4,7H2,1H3. The minimum absolute atomic E-state index is 0.170. The molecule has 0 spiro atoms. The van der Waals surface area contributed by atoms with Crippen LogP contribution in [0.4, 0.5) is 13.2 Å². The van der Waals surface area contributed by atoms with E-state index in [0.29, 0.717) is 13.2 Å². The molecule has 0 bridgehead atoms. The number of alkyl halides is 3. The topological polar surface area (TPSA) is 34.2 Å². The van der Waals surface area contributed by atoms with Crippen molar-refractivity contribution in [2.75, 3.05) is 13.2 Å². The summed E-state index contributed by atoms with van der Waals surface area (Å²) in [5.74, 6) is 0. The predicted molar refractivity (Wildman–Crippen MR) is 64.6 cm³/mol. The first kappa shape index (κ1) is 14.3. The Labute approximate surface area is 110 Å². The number of hydrogen-bond acceptors (Lipinski definition) is 3. The number of likely N-dealkylation sites (N-methyl/N-ethyl adjacent to an activating group) is 1. The average Bonchev–Trinajstić information content (AvgIpc) is 2.88.